The molecule has 0 spiro atoms. The number of carbonyl (C=O) groups is 2. The fourth-order valence-electron chi connectivity index (χ4n) is 7.26. The predicted octanol–water partition coefficient (Wildman–Crippen LogP) is 3.06. The van der Waals surface area contributed by atoms with Gasteiger partial charge in [-0.25, -0.2) is 4.79 Å². The van der Waals surface area contributed by atoms with Gasteiger partial charge in [0, 0.05) is 17.5 Å². The Morgan fingerprint density at radius 3 is 2.29 bits per heavy atom. The summed E-state index contributed by atoms with van der Waals surface area (Å²) in [7, 11) is 0. The van der Waals surface area contributed by atoms with Crippen molar-refractivity contribution in [2.24, 2.45) is 23.7 Å². The van der Waals surface area contributed by atoms with Crippen molar-refractivity contribution in [3.63, 3.8) is 0 Å². The fourth-order valence-corrected chi connectivity index (χ4v) is 7.26. The van der Waals surface area contributed by atoms with Crippen LogP contribution in [-0.2, 0) is 14.3 Å². The number of ether oxygens (including phenoxy) is 1. The summed E-state index contributed by atoms with van der Waals surface area (Å²) < 4.78 is 5.66. The number of hydrogen-bond acceptors (Lipinski definition) is 3. The third-order valence-electron chi connectivity index (χ3n) is 7.62. The van der Waals surface area contributed by atoms with Crippen LogP contribution in [0.25, 0.3) is 0 Å². The second-order valence-electron chi connectivity index (χ2n) is 9.11. The molecule has 0 N–H and O–H groups in total. The number of hydrogen-bond donors (Lipinski definition) is 0. The van der Waals surface area contributed by atoms with E-state index in [0.29, 0.717) is 5.91 Å². The maximum Gasteiger partial charge on any atom is 0.330 e. The Bertz CT molecular complexity index is 562. The quantitative estimate of drug-likeness (QED) is 0.590. The molecule has 1 saturated heterocycles. The van der Waals surface area contributed by atoms with Crippen LogP contribution in [0.15, 0.2) is 12.7 Å². The average molecular weight is 329 g/mol. The van der Waals surface area contributed by atoms with Gasteiger partial charge in [-0.3, -0.25) is 4.79 Å². The van der Waals surface area contributed by atoms with Crippen LogP contribution in [-0.4, -0.2) is 34.5 Å². The molecule has 4 nitrogen and oxygen atoms in total. The SMILES string of the molecule is C=CC(=O)OC1CCC2CC1N(C13CC4CC(CC(C4)C1)C3)C2=O. The van der Waals surface area contributed by atoms with Gasteiger partial charge in [-0.05, 0) is 75.5 Å². The zero-order chi connectivity index (χ0) is 16.5. The van der Waals surface area contributed by atoms with Gasteiger partial charge in [0.05, 0.1) is 6.04 Å². The fraction of sp³-hybridized carbons (Fsp3) is 0.800. The Morgan fingerprint density at radius 2 is 1.71 bits per heavy atom. The largest absolute Gasteiger partial charge is 0.457 e. The van der Waals surface area contributed by atoms with Crippen molar-refractivity contribution in [1.29, 1.82) is 0 Å². The van der Waals surface area contributed by atoms with Gasteiger partial charge in [0.25, 0.3) is 0 Å². The molecular formula is C20H27NO3. The van der Waals surface area contributed by atoms with E-state index in [1.165, 1.54) is 44.6 Å². The third-order valence-corrected chi connectivity index (χ3v) is 7.62. The van der Waals surface area contributed by atoms with E-state index in [-0.39, 0.29) is 29.6 Å². The van der Waals surface area contributed by atoms with Crippen molar-refractivity contribution >= 4 is 11.9 Å². The molecule has 3 atom stereocenters. The van der Waals surface area contributed by atoms with Crippen molar-refractivity contribution in [3.05, 3.63) is 12.7 Å². The highest BCUT2D eigenvalue weighted by atomic mass is 16.5. The summed E-state index contributed by atoms with van der Waals surface area (Å²) in [5.74, 6) is 2.64. The monoisotopic (exact) mass is 329 g/mol. The van der Waals surface area contributed by atoms with Crippen molar-refractivity contribution in [1.82, 2.24) is 4.90 Å². The van der Waals surface area contributed by atoms with Crippen molar-refractivity contribution in [2.45, 2.75) is 75.5 Å². The number of likely N-dealkylation sites (tertiary alicyclic amines) is 1. The molecule has 0 aromatic carbocycles. The molecule has 6 aliphatic rings. The molecule has 24 heavy (non-hydrogen) atoms. The molecular weight excluding hydrogens is 302 g/mol. The number of esters is 1. The Morgan fingerprint density at radius 1 is 1.08 bits per heavy atom. The van der Waals surface area contributed by atoms with Gasteiger partial charge in [-0.15, -0.1) is 0 Å². The summed E-state index contributed by atoms with van der Waals surface area (Å²) in [4.78, 5) is 27.2. The number of nitrogens with zero attached hydrogens (tertiary/aromatic N) is 1. The molecule has 4 heteroatoms. The lowest BCUT2D eigenvalue weighted by Crippen LogP contribution is -2.63. The molecule has 6 rings (SSSR count). The van der Waals surface area contributed by atoms with Crippen LogP contribution in [0.5, 0.6) is 0 Å². The predicted molar refractivity (Wildman–Crippen MR) is 89.0 cm³/mol. The van der Waals surface area contributed by atoms with Crippen LogP contribution in [0.2, 0.25) is 0 Å². The van der Waals surface area contributed by atoms with E-state index < -0.39 is 0 Å². The van der Waals surface area contributed by atoms with E-state index in [2.05, 4.69) is 11.5 Å². The lowest BCUT2D eigenvalue weighted by molar-refractivity contribution is -0.162. The summed E-state index contributed by atoms with van der Waals surface area (Å²) in [6.45, 7) is 3.52. The summed E-state index contributed by atoms with van der Waals surface area (Å²) in [6, 6.07) is 0.108. The van der Waals surface area contributed by atoms with Crippen LogP contribution in [0.4, 0.5) is 0 Å². The molecule has 1 heterocycles. The Hall–Kier alpha value is -1.32. The van der Waals surface area contributed by atoms with Crippen LogP contribution in [0.1, 0.15) is 57.8 Å². The topological polar surface area (TPSA) is 46.6 Å². The minimum atomic E-state index is -0.344. The first-order valence-corrected chi connectivity index (χ1v) is 9.74. The minimum absolute atomic E-state index is 0.0778. The normalized spacial score (nSPS) is 48.7. The highest BCUT2D eigenvalue weighted by molar-refractivity contribution is 5.84. The van der Waals surface area contributed by atoms with E-state index in [1.807, 2.05) is 0 Å². The van der Waals surface area contributed by atoms with Crippen LogP contribution in [0, 0.1) is 23.7 Å². The van der Waals surface area contributed by atoms with Crippen LogP contribution < -0.4 is 0 Å². The standard InChI is InChI=1S/C20H27NO3/c1-2-18(22)24-17-4-3-15-8-16(17)21(19(15)23)20-9-12-5-13(10-20)7-14(6-12)11-20/h2,12-17H,1,3-11H2. The summed E-state index contributed by atoms with van der Waals surface area (Å²) in [5, 5.41) is 0. The molecule has 0 aromatic rings. The highest BCUT2D eigenvalue weighted by Crippen LogP contribution is 2.60. The summed E-state index contributed by atoms with van der Waals surface area (Å²) >= 11 is 0. The van der Waals surface area contributed by atoms with Crippen molar-refractivity contribution in [2.75, 3.05) is 0 Å². The lowest BCUT2D eigenvalue weighted by Gasteiger charge is -2.61. The van der Waals surface area contributed by atoms with Crippen molar-refractivity contribution in [3.8, 4) is 0 Å². The van der Waals surface area contributed by atoms with Gasteiger partial charge >= 0.3 is 5.97 Å². The van der Waals surface area contributed by atoms with E-state index in [1.54, 1.807) is 0 Å². The zero-order valence-corrected chi connectivity index (χ0v) is 14.3. The van der Waals surface area contributed by atoms with Gasteiger partial charge in [0.15, 0.2) is 0 Å². The first kappa shape index (κ1) is 15.0. The smallest absolute Gasteiger partial charge is 0.330 e. The van der Waals surface area contributed by atoms with Gasteiger partial charge in [-0.1, -0.05) is 6.58 Å². The first-order chi connectivity index (χ1) is 11.6. The van der Waals surface area contributed by atoms with Crippen LogP contribution >= 0.6 is 0 Å². The van der Waals surface area contributed by atoms with Gasteiger partial charge in [0.1, 0.15) is 6.10 Å². The molecule has 1 aliphatic heterocycles. The number of carbonyl (C=O) groups excluding carboxylic acids is 2. The maximum atomic E-state index is 13.2. The van der Waals surface area contributed by atoms with E-state index in [9.17, 15) is 9.59 Å². The number of rotatable bonds is 3. The molecule has 3 unspecified atom stereocenters. The van der Waals surface area contributed by atoms with Gasteiger partial charge < -0.3 is 9.64 Å². The van der Waals surface area contributed by atoms with Gasteiger partial charge in [0.2, 0.25) is 5.91 Å². The number of amides is 1. The van der Waals surface area contributed by atoms with E-state index in [0.717, 1.165) is 37.0 Å². The van der Waals surface area contributed by atoms with Gasteiger partial charge in [-0.2, -0.15) is 0 Å². The van der Waals surface area contributed by atoms with Crippen LogP contribution in [0.3, 0.4) is 0 Å². The molecule has 130 valence electrons. The molecule has 6 fully saturated rings. The summed E-state index contributed by atoms with van der Waals surface area (Å²) in [5.41, 5.74) is 0.0778. The Labute approximate surface area is 143 Å². The van der Waals surface area contributed by atoms with E-state index >= 15 is 0 Å². The Kier molecular flexibility index (Phi) is 3.18. The minimum Gasteiger partial charge on any atom is -0.457 e. The van der Waals surface area contributed by atoms with E-state index in [4.69, 9.17) is 4.74 Å². The summed E-state index contributed by atoms with van der Waals surface area (Å²) in [6.07, 6.45) is 11.4. The molecule has 0 radical (unpaired) electrons. The zero-order valence-electron chi connectivity index (χ0n) is 14.3. The Balaban J connectivity index is 1.47. The maximum absolute atomic E-state index is 13.2. The first-order valence-electron chi connectivity index (χ1n) is 9.74. The third kappa shape index (κ3) is 2.04. The average Bonchev–Trinajstić information content (AvgIpc) is 2.81. The molecule has 6 bridgehead atoms. The molecule has 1 amide bonds. The second kappa shape index (κ2) is 5.09. The highest BCUT2D eigenvalue weighted by Gasteiger charge is 2.61. The number of fused-ring (bicyclic) bond motifs is 2. The molecule has 5 aliphatic carbocycles. The molecule has 0 aromatic heterocycles. The molecule has 5 saturated carbocycles. The lowest BCUT2D eigenvalue weighted by atomic mass is 9.52. The second-order valence-corrected chi connectivity index (χ2v) is 9.11. The van der Waals surface area contributed by atoms with Crippen molar-refractivity contribution < 1.29 is 14.3 Å².